The molecule has 0 radical (unpaired) electrons. The third-order valence-electron chi connectivity index (χ3n) is 4.03. The van der Waals surface area contributed by atoms with Gasteiger partial charge in [-0.25, -0.2) is 4.79 Å². The predicted molar refractivity (Wildman–Crippen MR) is 119 cm³/mol. The molecule has 0 aromatic carbocycles. The molecule has 0 saturated heterocycles. The van der Waals surface area contributed by atoms with Gasteiger partial charge in [-0.2, -0.15) is 0 Å². The van der Waals surface area contributed by atoms with Crippen LogP contribution in [0.3, 0.4) is 0 Å². The van der Waals surface area contributed by atoms with Gasteiger partial charge in [0.25, 0.3) is 0 Å². The average Bonchev–Trinajstić information content (AvgIpc) is 2.64. The first-order valence-corrected chi connectivity index (χ1v) is 10.7. The number of carbonyl (C=O) groups is 1. The standard InChI is InChI=1S/C25H40O2/c1-4-6-7-8-9-10-11-12-13-14-15-16-17-18-19-20-21-22-24(3)23-25(26)27-5-2/h6-7,9-10,12-13,21-23H,4-5,8,11,14-20H2,1-3H3/b7-6-,10-9-,13-12-,22-21+,24-23?. The number of carbonyl (C=O) groups excluding carboxylic acids is 1. The van der Waals surface area contributed by atoms with E-state index in [4.69, 9.17) is 4.74 Å². The summed E-state index contributed by atoms with van der Waals surface area (Å²) in [6.45, 7) is 6.34. The molecule has 0 bridgehead atoms. The molecule has 152 valence electrons. The molecular formula is C25H40O2. The van der Waals surface area contributed by atoms with Gasteiger partial charge in [0, 0.05) is 6.08 Å². The van der Waals surface area contributed by atoms with Gasteiger partial charge in [0.1, 0.15) is 0 Å². The van der Waals surface area contributed by atoms with Gasteiger partial charge in [-0.05, 0) is 64.4 Å². The lowest BCUT2D eigenvalue weighted by atomic mass is 10.1. The lowest BCUT2D eigenvalue weighted by Crippen LogP contribution is -1.99. The Kier molecular flexibility index (Phi) is 19.1. The summed E-state index contributed by atoms with van der Waals surface area (Å²) < 4.78 is 4.89. The Bertz CT molecular complexity index is 492. The van der Waals surface area contributed by atoms with Crippen molar-refractivity contribution in [3.63, 3.8) is 0 Å². The highest BCUT2D eigenvalue weighted by Crippen LogP contribution is 2.09. The zero-order chi connectivity index (χ0) is 20.0. The van der Waals surface area contributed by atoms with Crippen LogP contribution in [0.5, 0.6) is 0 Å². The molecule has 0 aromatic heterocycles. The molecule has 2 heteroatoms. The molecule has 0 N–H and O–H groups in total. The highest BCUT2D eigenvalue weighted by molar-refractivity contribution is 5.83. The van der Waals surface area contributed by atoms with Gasteiger partial charge in [0.2, 0.25) is 0 Å². The molecular weight excluding hydrogens is 332 g/mol. The fraction of sp³-hybridized carbons (Fsp3) is 0.560. The van der Waals surface area contributed by atoms with Crippen molar-refractivity contribution in [1.29, 1.82) is 0 Å². The summed E-state index contributed by atoms with van der Waals surface area (Å²) in [7, 11) is 0. The van der Waals surface area contributed by atoms with Crippen LogP contribution in [0.2, 0.25) is 0 Å². The fourth-order valence-electron chi connectivity index (χ4n) is 2.57. The van der Waals surface area contributed by atoms with Crippen molar-refractivity contribution in [2.75, 3.05) is 6.61 Å². The first kappa shape index (κ1) is 25.2. The van der Waals surface area contributed by atoms with Crippen LogP contribution >= 0.6 is 0 Å². The highest BCUT2D eigenvalue weighted by Gasteiger charge is 1.95. The van der Waals surface area contributed by atoms with E-state index in [0.29, 0.717) is 6.61 Å². The topological polar surface area (TPSA) is 26.3 Å². The Labute approximate surface area is 167 Å². The van der Waals surface area contributed by atoms with Crippen molar-refractivity contribution in [3.8, 4) is 0 Å². The average molecular weight is 373 g/mol. The zero-order valence-electron chi connectivity index (χ0n) is 17.8. The van der Waals surface area contributed by atoms with Crippen molar-refractivity contribution < 1.29 is 9.53 Å². The normalized spacial score (nSPS) is 12.9. The minimum absolute atomic E-state index is 0.256. The van der Waals surface area contributed by atoms with Crippen molar-refractivity contribution in [2.45, 2.75) is 85.0 Å². The molecule has 0 aliphatic heterocycles. The van der Waals surface area contributed by atoms with Crippen molar-refractivity contribution >= 4 is 5.97 Å². The molecule has 27 heavy (non-hydrogen) atoms. The summed E-state index contributed by atoms with van der Waals surface area (Å²) in [5.74, 6) is -0.256. The summed E-state index contributed by atoms with van der Waals surface area (Å²) >= 11 is 0. The Hall–Kier alpha value is -1.83. The number of allylic oxidation sites excluding steroid dienone is 9. The van der Waals surface area contributed by atoms with Crippen LogP contribution in [0.25, 0.3) is 0 Å². The third kappa shape index (κ3) is 20.3. The second kappa shape index (κ2) is 20.5. The van der Waals surface area contributed by atoms with Crippen LogP contribution in [-0.4, -0.2) is 12.6 Å². The smallest absolute Gasteiger partial charge is 0.330 e. The van der Waals surface area contributed by atoms with E-state index in [1.807, 2.05) is 19.9 Å². The molecule has 0 saturated carbocycles. The summed E-state index contributed by atoms with van der Waals surface area (Å²) in [5, 5.41) is 0. The van der Waals surface area contributed by atoms with Gasteiger partial charge in [0.15, 0.2) is 0 Å². The van der Waals surface area contributed by atoms with Crippen LogP contribution in [-0.2, 0) is 9.53 Å². The highest BCUT2D eigenvalue weighted by atomic mass is 16.5. The van der Waals surface area contributed by atoms with E-state index in [-0.39, 0.29) is 5.97 Å². The van der Waals surface area contributed by atoms with Crippen molar-refractivity contribution in [1.82, 2.24) is 0 Å². The first-order chi connectivity index (χ1) is 13.2. The van der Waals surface area contributed by atoms with Crippen LogP contribution in [0.1, 0.15) is 85.0 Å². The molecule has 0 atom stereocenters. The Morgan fingerprint density at radius 3 is 1.93 bits per heavy atom. The SMILES string of the molecule is CC/C=C\C/C=C\C/C=C\CCCCCCC/C=C/C(C)=CC(=O)OCC. The van der Waals surface area contributed by atoms with Gasteiger partial charge in [-0.3, -0.25) is 0 Å². The molecule has 0 rings (SSSR count). The van der Waals surface area contributed by atoms with Crippen LogP contribution < -0.4 is 0 Å². The molecule has 0 aromatic rings. The summed E-state index contributed by atoms with van der Waals surface area (Å²) in [6, 6.07) is 0. The number of hydrogen-bond acceptors (Lipinski definition) is 2. The minimum Gasteiger partial charge on any atom is -0.463 e. The lowest BCUT2D eigenvalue weighted by Gasteiger charge is -1.99. The van der Waals surface area contributed by atoms with Gasteiger partial charge in [-0.15, -0.1) is 0 Å². The van der Waals surface area contributed by atoms with E-state index in [0.717, 1.165) is 31.3 Å². The van der Waals surface area contributed by atoms with Crippen LogP contribution in [0, 0.1) is 0 Å². The fourth-order valence-corrected chi connectivity index (χ4v) is 2.57. The van der Waals surface area contributed by atoms with Gasteiger partial charge in [0.05, 0.1) is 6.61 Å². The molecule has 0 aliphatic rings. The van der Waals surface area contributed by atoms with E-state index in [1.165, 1.54) is 38.5 Å². The van der Waals surface area contributed by atoms with Crippen LogP contribution in [0.4, 0.5) is 0 Å². The molecule has 0 aliphatic carbocycles. The number of unbranched alkanes of at least 4 members (excludes halogenated alkanes) is 6. The lowest BCUT2D eigenvalue weighted by molar-refractivity contribution is -0.137. The quantitative estimate of drug-likeness (QED) is 0.0914. The Morgan fingerprint density at radius 1 is 0.741 bits per heavy atom. The van der Waals surface area contributed by atoms with E-state index < -0.39 is 0 Å². The van der Waals surface area contributed by atoms with Gasteiger partial charge >= 0.3 is 5.97 Å². The number of rotatable bonds is 16. The maximum absolute atomic E-state index is 11.3. The van der Waals surface area contributed by atoms with Gasteiger partial charge in [-0.1, -0.05) is 74.8 Å². The molecule has 0 heterocycles. The predicted octanol–water partition coefficient (Wildman–Crippen LogP) is 7.64. The van der Waals surface area contributed by atoms with Crippen LogP contribution in [0.15, 0.2) is 60.3 Å². The maximum atomic E-state index is 11.3. The maximum Gasteiger partial charge on any atom is 0.330 e. The zero-order valence-corrected chi connectivity index (χ0v) is 17.8. The summed E-state index contributed by atoms with van der Waals surface area (Å²) in [5.41, 5.74) is 0.951. The number of ether oxygens (including phenoxy) is 1. The minimum atomic E-state index is -0.256. The van der Waals surface area contributed by atoms with E-state index in [9.17, 15) is 4.79 Å². The molecule has 0 fully saturated rings. The number of hydrogen-bond donors (Lipinski definition) is 0. The monoisotopic (exact) mass is 372 g/mol. The summed E-state index contributed by atoms with van der Waals surface area (Å²) in [4.78, 5) is 11.3. The van der Waals surface area contributed by atoms with E-state index >= 15 is 0 Å². The molecule has 0 unspecified atom stereocenters. The Balaban J connectivity index is 3.49. The first-order valence-electron chi connectivity index (χ1n) is 10.7. The third-order valence-corrected chi connectivity index (χ3v) is 4.03. The van der Waals surface area contributed by atoms with E-state index in [1.54, 1.807) is 6.08 Å². The molecule has 2 nitrogen and oxygen atoms in total. The van der Waals surface area contributed by atoms with Crippen molar-refractivity contribution in [3.05, 3.63) is 60.3 Å². The summed E-state index contributed by atoms with van der Waals surface area (Å²) in [6.07, 6.45) is 31.1. The second-order valence-electron chi connectivity index (χ2n) is 6.68. The van der Waals surface area contributed by atoms with Crippen molar-refractivity contribution in [2.24, 2.45) is 0 Å². The second-order valence-corrected chi connectivity index (χ2v) is 6.68. The number of esters is 1. The molecule has 0 amide bonds. The Morgan fingerprint density at radius 2 is 1.30 bits per heavy atom. The molecule has 0 spiro atoms. The van der Waals surface area contributed by atoms with E-state index in [2.05, 4.69) is 49.5 Å². The largest absolute Gasteiger partial charge is 0.463 e. The van der Waals surface area contributed by atoms with Gasteiger partial charge < -0.3 is 4.74 Å².